The Hall–Kier alpha value is -2.66. The summed E-state index contributed by atoms with van der Waals surface area (Å²) in [5.74, 6) is 1.99. The fraction of sp³-hybridized carbons (Fsp3) is 0.583. The quantitative estimate of drug-likeness (QED) is 0.165. The van der Waals surface area contributed by atoms with Crippen LogP contribution in [0.1, 0.15) is 114 Å². The number of allylic oxidation sites excluding steroid dienone is 2. The Bertz CT molecular complexity index is 1230. The van der Waals surface area contributed by atoms with E-state index < -0.39 is 0 Å². The molecule has 0 aromatic heterocycles. The lowest BCUT2D eigenvalue weighted by Gasteiger charge is -2.46. The second-order valence-corrected chi connectivity index (χ2v) is 13.2. The summed E-state index contributed by atoms with van der Waals surface area (Å²) >= 11 is 0. The summed E-state index contributed by atoms with van der Waals surface area (Å²) in [5, 5.41) is 0. The molecule has 2 aromatic rings. The SMILES string of the molecule is CC1=CC2c3c(OC(=O)CCCN4CCCCC4)cc(C(C)CCCc4ccc(F)cc4)cc3OC(C)(C)C2CC1. The maximum absolute atomic E-state index is 13.3. The van der Waals surface area contributed by atoms with Gasteiger partial charge >= 0.3 is 5.97 Å². The van der Waals surface area contributed by atoms with Crippen LogP contribution in [0, 0.1) is 11.7 Å². The van der Waals surface area contributed by atoms with Gasteiger partial charge in [0.2, 0.25) is 0 Å². The molecule has 1 fully saturated rings. The molecular weight excluding hydrogens is 513 g/mol. The first-order chi connectivity index (χ1) is 19.7. The molecule has 5 rings (SSSR count). The minimum absolute atomic E-state index is 0.150. The average molecular weight is 562 g/mol. The highest BCUT2D eigenvalue weighted by molar-refractivity contribution is 5.74. The van der Waals surface area contributed by atoms with Crippen molar-refractivity contribution < 1.29 is 18.7 Å². The molecule has 0 radical (unpaired) electrons. The first-order valence-corrected chi connectivity index (χ1v) is 15.9. The Morgan fingerprint density at radius 1 is 1.12 bits per heavy atom. The van der Waals surface area contributed by atoms with Crippen LogP contribution in [0.5, 0.6) is 11.5 Å². The van der Waals surface area contributed by atoms with Crippen LogP contribution in [0.2, 0.25) is 0 Å². The molecular formula is C36H48FNO3. The molecule has 2 aliphatic heterocycles. The van der Waals surface area contributed by atoms with Crippen LogP contribution in [0.15, 0.2) is 48.0 Å². The van der Waals surface area contributed by atoms with E-state index in [1.165, 1.54) is 37.0 Å². The lowest BCUT2D eigenvalue weighted by Crippen LogP contribution is -2.45. The van der Waals surface area contributed by atoms with Crippen LogP contribution < -0.4 is 9.47 Å². The zero-order chi connectivity index (χ0) is 29.0. The normalized spacial score (nSPS) is 22.6. The first-order valence-electron chi connectivity index (χ1n) is 15.9. The number of rotatable bonds is 10. The molecule has 0 saturated carbocycles. The summed E-state index contributed by atoms with van der Waals surface area (Å²) in [7, 11) is 0. The van der Waals surface area contributed by atoms with Gasteiger partial charge in [0.25, 0.3) is 0 Å². The van der Waals surface area contributed by atoms with Crippen LogP contribution in [0.25, 0.3) is 0 Å². The number of benzene rings is 2. The predicted octanol–water partition coefficient (Wildman–Crippen LogP) is 8.73. The smallest absolute Gasteiger partial charge is 0.311 e. The molecule has 2 aromatic carbocycles. The van der Waals surface area contributed by atoms with Crippen LogP contribution in [-0.2, 0) is 11.2 Å². The Kier molecular flexibility index (Phi) is 9.53. The van der Waals surface area contributed by atoms with Crippen molar-refractivity contribution in [2.75, 3.05) is 19.6 Å². The van der Waals surface area contributed by atoms with Crippen molar-refractivity contribution >= 4 is 5.97 Å². The van der Waals surface area contributed by atoms with E-state index in [4.69, 9.17) is 9.47 Å². The van der Waals surface area contributed by atoms with Crippen molar-refractivity contribution in [2.24, 2.45) is 5.92 Å². The molecule has 222 valence electrons. The maximum atomic E-state index is 13.3. The van der Waals surface area contributed by atoms with Crippen LogP contribution in [0.4, 0.5) is 4.39 Å². The third-order valence-corrected chi connectivity index (χ3v) is 9.59. The second kappa shape index (κ2) is 13.1. The van der Waals surface area contributed by atoms with Gasteiger partial charge in [0.15, 0.2) is 0 Å². The molecule has 5 heteroatoms. The fourth-order valence-electron chi connectivity index (χ4n) is 7.13. The molecule has 4 nitrogen and oxygen atoms in total. The number of aryl methyl sites for hydroxylation is 1. The zero-order valence-electron chi connectivity index (χ0n) is 25.5. The summed E-state index contributed by atoms with van der Waals surface area (Å²) in [5.41, 5.74) is 4.44. The molecule has 41 heavy (non-hydrogen) atoms. The van der Waals surface area contributed by atoms with E-state index >= 15 is 0 Å². The summed E-state index contributed by atoms with van der Waals surface area (Å²) < 4.78 is 26.3. The van der Waals surface area contributed by atoms with Crippen molar-refractivity contribution in [3.63, 3.8) is 0 Å². The molecule has 0 amide bonds. The Morgan fingerprint density at radius 2 is 1.88 bits per heavy atom. The van der Waals surface area contributed by atoms with Gasteiger partial charge in [-0.25, -0.2) is 4.39 Å². The number of nitrogens with zero attached hydrogens (tertiary/aromatic N) is 1. The van der Waals surface area contributed by atoms with Gasteiger partial charge in [0.05, 0.1) is 0 Å². The summed E-state index contributed by atoms with van der Waals surface area (Å²) in [6.07, 6.45) is 12.5. The monoisotopic (exact) mass is 561 g/mol. The lowest BCUT2D eigenvalue weighted by atomic mass is 9.68. The van der Waals surface area contributed by atoms with Crippen LogP contribution >= 0.6 is 0 Å². The predicted molar refractivity (Wildman–Crippen MR) is 163 cm³/mol. The van der Waals surface area contributed by atoms with Gasteiger partial charge in [0, 0.05) is 23.8 Å². The molecule has 0 spiro atoms. The van der Waals surface area contributed by atoms with E-state index in [0.717, 1.165) is 80.6 Å². The topological polar surface area (TPSA) is 38.8 Å². The van der Waals surface area contributed by atoms with E-state index in [-0.39, 0.29) is 29.2 Å². The van der Waals surface area contributed by atoms with Gasteiger partial charge in [-0.1, -0.05) is 37.1 Å². The van der Waals surface area contributed by atoms with Gasteiger partial charge in [-0.05, 0) is 133 Å². The van der Waals surface area contributed by atoms with Gasteiger partial charge < -0.3 is 14.4 Å². The largest absolute Gasteiger partial charge is 0.487 e. The Balaban J connectivity index is 1.35. The van der Waals surface area contributed by atoms with Crippen molar-refractivity contribution in [3.8, 4) is 11.5 Å². The van der Waals surface area contributed by atoms with Crippen molar-refractivity contribution in [2.45, 2.75) is 109 Å². The van der Waals surface area contributed by atoms with E-state index in [0.29, 0.717) is 18.1 Å². The number of fused-ring (bicyclic) bond motifs is 3. The van der Waals surface area contributed by atoms with Crippen molar-refractivity contribution in [3.05, 3.63) is 70.6 Å². The number of hydrogen-bond acceptors (Lipinski definition) is 4. The first kappa shape index (κ1) is 29.8. The van der Waals surface area contributed by atoms with Gasteiger partial charge in [-0.2, -0.15) is 0 Å². The molecule has 0 bridgehead atoms. The average Bonchev–Trinajstić information content (AvgIpc) is 2.94. The molecule has 2 heterocycles. The number of carbonyl (C=O) groups is 1. The Labute approximate surface area is 246 Å². The van der Waals surface area contributed by atoms with Gasteiger partial charge in [0.1, 0.15) is 22.9 Å². The Morgan fingerprint density at radius 3 is 2.63 bits per heavy atom. The summed E-state index contributed by atoms with van der Waals surface area (Å²) in [6.45, 7) is 12.1. The zero-order valence-corrected chi connectivity index (χ0v) is 25.5. The highest BCUT2D eigenvalue weighted by atomic mass is 19.1. The molecule has 1 aliphatic carbocycles. The summed E-state index contributed by atoms with van der Waals surface area (Å²) in [4.78, 5) is 15.7. The highest BCUT2D eigenvalue weighted by Gasteiger charge is 2.45. The van der Waals surface area contributed by atoms with Crippen molar-refractivity contribution in [1.82, 2.24) is 4.90 Å². The number of esters is 1. The number of halogens is 1. The lowest BCUT2D eigenvalue weighted by molar-refractivity contribution is -0.134. The van der Waals surface area contributed by atoms with Gasteiger partial charge in [-0.15, -0.1) is 0 Å². The highest BCUT2D eigenvalue weighted by Crippen LogP contribution is 2.54. The van der Waals surface area contributed by atoms with E-state index in [9.17, 15) is 9.18 Å². The number of hydrogen-bond donors (Lipinski definition) is 0. The molecule has 1 saturated heterocycles. The number of carbonyl (C=O) groups excluding carboxylic acids is 1. The minimum atomic E-state index is -0.297. The van der Waals surface area contributed by atoms with E-state index in [1.54, 1.807) is 0 Å². The molecule has 3 atom stereocenters. The number of piperidine rings is 1. The summed E-state index contributed by atoms with van der Waals surface area (Å²) in [6, 6.07) is 11.1. The molecule has 3 aliphatic rings. The van der Waals surface area contributed by atoms with E-state index in [2.05, 4.69) is 50.8 Å². The van der Waals surface area contributed by atoms with Crippen LogP contribution in [-0.4, -0.2) is 36.1 Å². The van der Waals surface area contributed by atoms with Crippen molar-refractivity contribution in [1.29, 1.82) is 0 Å². The minimum Gasteiger partial charge on any atom is -0.487 e. The molecule has 0 N–H and O–H groups in total. The van der Waals surface area contributed by atoms with E-state index in [1.807, 2.05) is 12.1 Å². The maximum Gasteiger partial charge on any atom is 0.311 e. The number of likely N-dealkylation sites (tertiary alicyclic amines) is 1. The third kappa shape index (κ3) is 7.41. The second-order valence-electron chi connectivity index (χ2n) is 13.2. The fourth-order valence-corrected chi connectivity index (χ4v) is 7.13. The standard InChI is InChI=1S/C36H48FNO3/c1-25-13-18-31-30(22-25)35-32(40-34(39)12-9-21-38-19-6-5-7-20-38)23-28(24-33(35)41-36(31,3)4)26(2)10-8-11-27-14-16-29(37)17-15-27/h14-17,22-24,26,30-31H,5-13,18-21H2,1-4H3. The third-order valence-electron chi connectivity index (χ3n) is 9.59. The van der Waals surface area contributed by atoms with Gasteiger partial charge in [-0.3, -0.25) is 4.79 Å². The number of ether oxygens (including phenoxy) is 2. The molecule has 3 unspecified atom stereocenters. The van der Waals surface area contributed by atoms with Crippen LogP contribution in [0.3, 0.4) is 0 Å².